The number of hydrogen-bond donors (Lipinski definition) is 1. The van der Waals surface area contributed by atoms with Crippen LogP contribution >= 0.6 is 11.6 Å². The van der Waals surface area contributed by atoms with Crippen molar-refractivity contribution in [3.05, 3.63) is 76.3 Å². The number of halogens is 1. The maximum absolute atomic E-state index is 12.8. The molecular formula is C30H42ClN3O. The highest BCUT2D eigenvalue weighted by molar-refractivity contribution is 6.30. The van der Waals surface area contributed by atoms with Gasteiger partial charge in [0.25, 0.3) is 0 Å². The van der Waals surface area contributed by atoms with Gasteiger partial charge in [-0.1, -0.05) is 61.4 Å². The molecule has 1 heterocycles. The van der Waals surface area contributed by atoms with Gasteiger partial charge in [0.1, 0.15) is 0 Å². The lowest BCUT2D eigenvalue weighted by atomic mass is 9.98. The highest BCUT2D eigenvalue weighted by Crippen LogP contribution is 2.25. The number of nitrogens with zero attached hydrogens (tertiary/aromatic N) is 2. The summed E-state index contributed by atoms with van der Waals surface area (Å²) in [5.41, 5.74) is 11.4. The van der Waals surface area contributed by atoms with Crippen LogP contribution < -0.4 is 10.6 Å². The minimum atomic E-state index is -0.381. The lowest BCUT2D eigenvalue weighted by Crippen LogP contribution is -2.51. The molecule has 3 rings (SSSR count). The Hall–Kier alpha value is -2.30. The first-order valence-electron chi connectivity index (χ1n) is 13.0. The molecule has 0 spiro atoms. The quantitative estimate of drug-likeness (QED) is 0.395. The third-order valence-electron chi connectivity index (χ3n) is 6.84. The molecule has 1 saturated heterocycles. The van der Waals surface area contributed by atoms with Crippen molar-refractivity contribution in [1.82, 2.24) is 4.90 Å². The second-order valence-corrected chi connectivity index (χ2v) is 11.0. The van der Waals surface area contributed by atoms with Gasteiger partial charge in [0, 0.05) is 36.4 Å². The molecule has 1 aliphatic heterocycles. The third-order valence-corrected chi connectivity index (χ3v) is 7.09. The summed E-state index contributed by atoms with van der Waals surface area (Å²) in [7, 11) is 0. The van der Waals surface area contributed by atoms with Crippen molar-refractivity contribution in [2.75, 3.05) is 24.5 Å². The molecule has 1 unspecified atom stereocenters. The number of likely N-dealkylation sites (tertiary alicyclic amines) is 1. The molecule has 0 bridgehead atoms. The first-order chi connectivity index (χ1) is 16.7. The zero-order chi connectivity index (χ0) is 25.4. The van der Waals surface area contributed by atoms with Crippen LogP contribution in [-0.4, -0.2) is 42.5 Å². The van der Waals surface area contributed by atoms with Gasteiger partial charge >= 0.3 is 0 Å². The Morgan fingerprint density at radius 1 is 1.03 bits per heavy atom. The molecule has 0 saturated carbocycles. The predicted octanol–water partition coefficient (Wildman–Crippen LogP) is 6.26. The van der Waals surface area contributed by atoms with Crippen molar-refractivity contribution in [3.8, 4) is 0 Å². The van der Waals surface area contributed by atoms with Gasteiger partial charge in [0.15, 0.2) is 0 Å². The van der Waals surface area contributed by atoms with E-state index in [1.165, 1.54) is 22.4 Å². The second-order valence-electron chi connectivity index (χ2n) is 10.5. The third kappa shape index (κ3) is 8.40. The Morgan fingerprint density at radius 2 is 1.57 bits per heavy atom. The number of carbonyl (C=O) groups is 1. The van der Waals surface area contributed by atoms with E-state index in [1.807, 2.05) is 17.0 Å². The average Bonchev–Trinajstić information content (AvgIpc) is 2.84. The number of carbonyl (C=O) groups excluding carboxylic acids is 1. The molecule has 190 valence electrons. The maximum atomic E-state index is 12.8. The fraction of sp³-hybridized carbons (Fsp3) is 0.500. The van der Waals surface area contributed by atoms with Crippen molar-refractivity contribution < 1.29 is 4.79 Å². The van der Waals surface area contributed by atoms with Gasteiger partial charge < -0.3 is 15.5 Å². The molecule has 0 radical (unpaired) electrons. The largest absolute Gasteiger partial charge is 0.365 e. The second kappa shape index (κ2) is 13.1. The van der Waals surface area contributed by atoms with E-state index in [9.17, 15) is 4.79 Å². The summed E-state index contributed by atoms with van der Waals surface area (Å²) in [6.07, 6.45) is 6.99. The standard InChI is InChI=1S/C30H42ClN3O/c1-22(2)15-20-34(28-16-18-33(19-17-28)30(35)29(32)21-23(3)4)27-13-9-25(10-14-27)6-5-24-7-11-26(31)12-8-24/h7-15,23,28-29H,5-6,16-21,32H2,1-4H3. The van der Waals surface area contributed by atoms with E-state index < -0.39 is 0 Å². The van der Waals surface area contributed by atoms with E-state index in [0.29, 0.717) is 12.0 Å². The summed E-state index contributed by atoms with van der Waals surface area (Å²) in [4.78, 5) is 17.3. The summed E-state index contributed by atoms with van der Waals surface area (Å²) < 4.78 is 0. The van der Waals surface area contributed by atoms with Gasteiger partial charge in [-0.05, 0) is 87.3 Å². The fourth-order valence-electron chi connectivity index (χ4n) is 4.78. The molecule has 35 heavy (non-hydrogen) atoms. The van der Waals surface area contributed by atoms with Crippen LogP contribution in [0.15, 0.2) is 60.2 Å². The minimum absolute atomic E-state index is 0.109. The monoisotopic (exact) mass is 495 g/mol. The number of allylic oxidation sites excluding steroid dienone is 1. The lowest BCUT2D eigenvalue weighted by molar-refractivity contribution is -0.134. The number of benzene rings is 2. The minimum Gasteiger partial charge on any atom is -0.365 e. The van der Waals surface area contributed by atoms with Crippen molar-refractivity contribution in [2.45, 2.75) is 71.9 Å². The molecule has 5 heteroatoms. The average molecular weight is 496 g/mol. The number of piperidine rings is 1. The van der Waals surface area contributed by atoms with Crippen molar-refractivity contribution in [1.29, 1.82) is 0 Å². The summed E-state index contributed by atoms with van der Waals surface area (Å²) >= 11 is 6.01. The van der Waals surface area contributed by atoms with Crippen LogP contribution in [0.25, 0.3) is 0 Å². The molecule has 1 fully saturated rings. The molecular weight excluding hydrogens is 454 g/mol. The van der Waals surface area contributed by atoms with Crippen molar-refractivity contribution in [2.24, 2.45) is 11.7 Å². The number of hydrogen-bond acceptors (Lipinski definition) is 3. The van der Waals surface area contributed by atoms with E-state index in [0.717, 1.165) is 56.8 Å². The molecule has 2 aromatic rings. The predicted molar refractivity (Wildman–Crippen MR) is 149 cm³/mol. The maximum Gasteiger partial charge on any atom is 0.239 e. The van der Waals surface area contributed by atoms with Gasteiger partial charge in [-0.25, -0.2) is 0 Å². The topological polar surface area (TPSA) is 49.6 Å². The van der Waals surface area contributed by atoms with Gasteiger partial charge in [-0.15, -0.1) is 0 Å². The highest BCUT2D eigenvalue weighted by Gasteiger charge is 2.29. The van der Waals surface area contributed by atoms with Crippen molar-refractivity contribution >= 4 is 23.2 Å². The molecule has 0 aromatic heterocycles. The van der Waals surface area contributed by atoms with E-state index in [-0.39, 0.29) is 11.9 Å². The molecule has 1 amide bonds. The van der Waals surface area contributed by atoms with E-state index in [2.05, 4.69) is 75.1 Å². The molecule has 2 N–H and O–H groups in total. The summed E-state index contributed by atoms with van der Waals surface area (Å²) in [5, 5.41) is 0.781. The Kier molecular flexibility index (Phi) is 10.2. The van der Waals surface area contributed by atoms with Gasteiger partial charge in [-0.2, -0.15) is 0 Å². The number of rotatable bonds is 10. The fourth-order valence-corrected chi connectivity index (χ4v) is 4.91. The van der Waals surface area contributed by atoms with Crippen LogP contribution in [0.4, 0.5) is 5.69 Å². The van der Waals surface area contributed by atoms with Crippen LogP contribution in [-0.2, 0) is 17.6 Å². The van der Waals surface area contributed by atoms with Crippen LogP contribution in [0.5, 0.6) is 0 Å². The first-order valence-corrected chi connectivity index (χ1v) is 13.4. The number of anilines is 1. The first kappa shape index (κ1) is 27.3. The van der Waals surface area contributed by atoms with Crippen molar-refractivity contribution in [3.63, 3.8) is 0 Å². The van der Waals surface area contributed by atoms with Gasteiger partial charge in [0.05, 0.1) is 6.04 Å². The van der Waals surface area contributed by atoms with Gasteiger partial charge in [0.2, 0.25) is 5.91 Å². The molecule has 1 atom stereocenters. The lowest BCUT2D eigenvalue weighted by Gasteiger charge is -2.40. The smallest absolute Gasteiger partial charge is 0.239 e. The van der Waals surface area contributed by atoms with E-state index in [1.54, 1.807) is 0 Å². The Bertz CT molecular complexity index is 956. The highest BCUT2D eigenvalue weighted by atomic mass is 35.5. The van der Waals surface area contributed by atoms with E-state index in [4.69, 9.17) is 17.3 Å². The molecule has 1 aliphatic rings. The number of nitrogens with two attached hydrogens (primary N) is 1. The SMILES string of the molecule is CC(C)=CCN(c1ccc(CCc2ccc(Cl)cc2)cc1)C1CCN(C(=O)C(N)CC(C)C)CC1. The summed E-state index contributed by atoms with van der Waals surface area (Å²) in [6, 6.07) is 17.2. The van der Waals surface area contributed by atoms with Crippen LogP contribution in [0.1, 0.15) is 58.1 Å². The molecule has 4 nitrogen and oxygen atoms in total. The van der Waals surface area contributed by atoms with Crippen LogP contribution in [0, 0.1) is 5.92 Å². The van der Waals surface area contributed by atoms with E-state index >= 15 is 0 Å². The zero-order valence-electron chi connectivity index (χ0n) is 21.8. The van der Waals surface area contributed by atoms with Gasteiger partial charge in [-0.3, -0.25) is 4.79 Å². The normalized spacial score (nSPS) is 15.2. The Labute approximate surface area is 217 Å². The summed E-state index contributed by atoms with van der Waals surface area (Å²) in [6.45, 7) is 11.0. The van der Waals surface area contributed by atoms with Crippen LogP contribution in [0.2, 0.25) is 5.02 Å². The Morgan fingerprint density at radius 3 is 2.09 bits per heavy atom. The Balaban J connectivity index is 1.63. The molecule has 0 aliphatic carbocycles. The zero-order valence-corrected chi connectivity index (χ0v) is 22.6. The number of aryl methyl sites for hydroxylation is 2. The molecule has 2 aromatic carbocycles. The number of amides is 1. The van der Waals surface area contributed by atoms with Crippen LogP contribution in [0.3, 0.4) is 0 Å². The summed E-state index contributed by atoms with van der Waals surface area (Å²) in [5.74, 6) is 0.540.